The van der Waals surface area contributed by atoms with Crippen molar-refractivity contribution in [1.29, 1.82) is 0 Å². The summed E-state index contributed by atoms with van der Waals surface area (Å²) in [5.41, 5.74) is 0. The topological polar surface area (TPSA) is 46.5 Å². The lowest BCUT2D eigenvalue weighted by atomic mass is 10.0. The maximum atomic E-state index is 10.5. The lowest BCUT2D eigenvalue weighted by Gasteiger charge is -2.18. The van der Waals surface area contributed by atoms with Gasteiger partial charge in [0.15, 0.2) is 0 Å². The van der Waals surface area contributed by atoms with Gasteiger partial charge in [0.1, 0.15) is 0 Å². The van der Waals surface area contributed by atoms with Crippen molar-refractivity contribution in [3.05, 3.63) is 0 Å². The van der Waals surface area contributed by atoms with Crippen molar-refractivity contribution in [2.45, 2.75) is 26.1 Å². The van der Waals surface area contributed by atoms with Gasteiger partial charge in [-0.05, 0) is 0 Å². The molecular formula is C6H10O3. The van der Waals surface area contributed by atoms with Crippen molar-refractivity contribution < 1.29 is 14.6 Å². The van der Waals surface area contributed by atoms with E-state index in [-0.39, 0.29) is 11.9 Å². The van der Waals surface area contributed by atoms with E-state index in [0.717, 1.165) is 0 Å². The van der Waals surface area contributed by atoms with E-state index < -0.39 is 5.79 Å². The maximum Gasteiger partial charge on any atom is 0.308 e. The van der Waals surface area contributed by atoms with Crippen LogP contribution in [0.1, 0.15) is 20.3 Å². The van der Waals surface area contributed by atoms with Crippen molar-refractivity contribution in [3.63, 3.8) is 0 Å². The largest absolute Gasteiger partial charge is 0.433 e. The van der Waals surface area contributed by atoms with Crippen LogP contribution in [-0.2, 0) is 9.53 Å². The molecule has 0 saturated carbocycles. The number of esters is 1. The standard InChI is InChI=1S/C6H10O3/c1-4-3-5(7)9-6(4,2)8/h4,8H,3H2,1-2H3. The molecule has 3 heteroatoms. The number of hydrogen-bond donors (Lipinski definition) is 1. The lowest BCUT2D eigenvalue weighted by Crippen LogP contribution is -2.29. The quantitative estimate of drug-likeness (QED) is 0.479. The minimum atomic E-state index is -1.23. The molecule has 2 unspecified atom stereocenters. The maximum absolute atomic E-state index is 10.5. The van der Waals surface area contributed by atoms with E-state index in [1.165, 1.54) is 6.92 Å². The van der Waals surface area contributed by atoms with Crippen molar-refractivity contribution >= 4 is 5.97 Å². The second kappa shape index (κ2) is 1.70. The molecule has 52 valence electrons. The van der Waals surface area contributed by atoms with Crippen molar-refractivity contribution in [2.24, 2.45) is 5.92 Å². The zero-order valence-electron chi connectivity index (χ0n) is 5.55. The predicted octanol–water partition coefficient (Wildman–Crippen LogP) is 0.278. The first kappa shape index (κ1) is 6.55. The van der Waals surface area contributed by atoms with Gasteiger partial charge < -0.3 is 9.84 Å². The van der Waals surface area contributed by atoms with Crippen LogP contribution in [0.5, 0.6) is 0 Å². The first-order chi connectivity index (χ1) is 4.02. The van der Waals surface area contributed by atoms with E-state index in [1.807, 2.05) is 0 Å². The third kappa shape index (κ3) is 1.05. The summed E-state index contributed by atoms with van der Waals surface area (Å²) in [6.07, 6.45) is 0.326. The van der Waals surface area contributed by atoms with Crippen LogP contribution in [0.2, 0.25) is 0 Å². The highest BCUT2D eigenvalue weighted by Gasteiger charge is 2.40. The molecule has 0 aromatic rings. The van der Waals surface area contributed by atoms with E-state index in [1.54, 1.807) is 6.92 Å². The molecule has 2 atom stereocenters. The van der Waals surface area contributed by atoms with E-state index in [0.29, 0.717) is 6.42 Å². The molecule has 0 radical (unpaired) electrons. The summed E-state index contributed by atoms with van der Waals surface area (Å²) < 4.78 is 4.58. The van der Waals surface area contributed by atoms with Gasteiger partial charge in [0, 0.05) is 12.8 Å². The van der Waals surface area contributed by atoms with Crippen LogP contribution in [-0.4, -0.2) is 16.9 Å². The highest BCUT2D eigenvalue weighted by molar-refractivity contribution is 5.72. The summed E-state index contributed by atoms with van der Waals surface area (Å²) in [5.74, 6) is -1.62. The Hall–Kier alpha value is -0.570. The Morgan fingerprint density at radius 3 is 2.56 bits per heavy atom. The first-order valence-electron chi connectivity index (χ1n) is 2.96. The van der Waals surface area contributed by atoms with Crippen LogP contribution >= 0.6 is 0 Å². The molecule has 1 saturated heterocycles. The van der Waals surface area contributed by atoms with E-state index in [4.69, 9.17) is 0 Å². The highest BCUT2D eigenvalue weighted by Crippen LogP contribution is 2.29. The number of hydrogen-bond acceptors (Lipinski definition) is 3. The van der Waals surface area contributed by atoms with Gasteiger partial charge in [-0.1, -0.05) is 6.92 Å². The lowest BCUT2D eigenvalue weighted by molar-refractivity contribution is -0.190. The fraction of sp³-hybridized carbons (Fsp3) is 0.833. The summed E-state index contributed by atoms with van der Waals surface area (Å²) in [7, 11) is 0. The fourth-order valence-electron chi connectivity index (χ4n) is 0.812. The molecule has 0 aromatic heterocycles. The number of rotatable bonds is 0. The van der Waals surface area contributed by atoms with Gasteiger partial charge in [0.2, 0.25) is 5.79 Å². The number of carbonyl (C=O) groups excluding carboxylic acids is 1. The molecule has 0 aliphatic carbocycles. The molecular weight excluding hydrogens is 120 g/mol. The molecule has 3 nitrogen and oxygen atoms in total. The van der Waals surface area contributed by atoms with Crippen LogP contribution < -0.4 is 0 Å². The van der Waals surface area contributed by atoms with Gasteiger partial charge in [-0.3, -0.25) is 4.79 Å². The zero-order chi connectivity index (χ0) is 7.07. The normalized spacial score (nSPS) is 43.0. The Kier molecular flexibility index (Phi) is 1.24. The third-order valence-electron chi connectivity index (χ3n) is 1.71. The Bertz CT molecular complexity index is 139. The van der Waals surface area contributed by atoms with Crippen LogP contribution in [0.15, 0.2) is 0 Å². The second-order valence-electron chi connectivity index (χ2n) is 2.63. The molecule has 1 fully saturated rings. The summed E-state index contributed by atoms with van der Waals surface area (Å²) >= 11 is 0. The summed E-state index contributed by atoms with van der Waals surface area (Å²) in [5, 5.41) is 9.19. The van der Waals surface area contributed by atoms with Crippen molar-refractivity contribution in [3.8, 4) is 0 Å². The van der Waals surface area contributed by atoms with Gasteiger partial charge >= 0.3 is 5.97 Å². The van der Waals surface area contributed by atoms with Crippen LogP contribution in [0, 0.1) is 5.92 Å². The fourth-order valence-corrected chi connectivity index (χ4v) is 0.812. The molecule has 1 aliphatic heterocycles. The SMILES string of the molecule is CC1CC(=O)OC1(C)O. The highest BCUT2D eigenvalue weighted by atomic mass is 16.7. The molecule has 1 aliphatic rings. The monoisotopic (exact) mass is 130 g/mol. The molecule has 1 rings (SSSR count). The Labute approximate surface area is 53.6 Å². The van der Waals surface area contributed by atoms with Gasteiger partial charge in [-0.2, -0.15) is 0 Å². The molecule has 0 amide bonds. The summed E-state index contributed by atoms with van der Waals surface area (Å²) in [6, 6.07) is 0. The minimum Gasteiger partial charge on any atom is -0.433 e. The van der Waals surface area contributed by atoms with Gasteiger partial charge in [-0.25, -0.2) is 0 Å². The zero-order valence-corrected chi connectivity index (χ0v) is 5.55. The molecule has 0 bridgehead atoms. The molecule has 1 N–H and O–H groups in total. The molecule has 1 heterocycles. The smallest absolute Gasteiger partial charge is 0.308 e. The first-order valence-corrected chi connectivity index (χ1v) is 2.96. The number of carbonyl (C=O) groups is 1. The van der Waals surface area contributed by atoms with Crippen LogP contribution in [0.4, 0.5) is 0 Å². The number of aliphatic hydroxyl groups is 1. The van der Waals surface area contributed by atoms with E-state index in [9.17, 15) is 9.90 Å². The molecule has 0 spiro atoms. The van der Waals surface area contributed by atoms with Gasteiger partial charge in [-0.15, -0.1) is 0 Å². The average molecular weight is 130 g/mol. The molecule has 9 heavy (non-hydrogen) atoms. The van der Waals surface area contributed by atoms with Gasteiger partial charge in [0.25, 0.3) is 0 Å². The van der Waals surface area contributed by atoms with E-state index in [2.05, 4.69) is 4.74 Å². The summed E-state index contributed by atoms with van der Waals surface area (Å²) in [4.78, 5) is 10.5. The molecule has 0 aromatic carbocycles. The minimum absolute atomic E-state index is 0.0787. The predicted molar refractivity (Wildman–Crippen MR) is 30.5 cm³/mol. The second-order valence-corrected chi connectivity index (χ2v) is 2.63. The van der Waals surface area contributed by atoms with Crippen LogP contribution in [0.3, 0.4) is 0 Å². The Morgan fingerprint density at radius 1 is 1.89 bits per heavy atom. The third-order valence-corrected chi connectivity index (χ3v) is 1.71. The van der Waals surface area contributed by atoms with Crippen LogP contribution in [0.25, 0.3) is 0 Å². The average Bonchev–Trinajstić information content (AvgIpc) is 1.79. The van der Waals surface area contributed by atoms with Crippen molar-refractivity contribution in [1.82, 2.24) is 0 Å². The van der Waals surface area contributed by atoms with Crippen molar-refractivity contribution in [2.75, 3.05) is 0 Å². The van der Waals surface area contributed by atoms with E-state index >= 15 is 0 Å². The Balaban J connectivity index is 2.69. The summed E-state index contributed by atoms with van der Waals surface area (Å²) in [6.45, 7) is 3.29. The number of ether oxygens (including phenoxy) is 1. The van der Waals surface area contributed by atoms with Gasteiger partial charge in [0.05, 0.1) is 6.42 Å². The Morgan fingerprint density at radius 2 is 2.44 bits per heavy atom. The number of cyclic esters (lactones) is 1.